The Morgan fingerprint density at radius 1 is 1.16 bits per heavy atom. The molecule has 1 aromatic heterocycles. The van der Waals surface area contributed by atoms with Crippen LogP contribution in [0.5, 0.6) is 0 Å². The first-order valence-electron chi connectivity index (χ1n) is 9.11. The lowest BCUT2D eigenvalue weighted by Gasteiger charge is -2.19. The van der Waals surface area contributed by atoms with Crippen molar-refractivity contribution < 1.29 is 4.79 Å². The van der Waals surface area contributed by atoms with Gasteiger partial charge in [0.1, 0.15) is 0 Å². The average molecular weight is 332 g/mol. The van der Waals surface area contributed by atoms with Crippen LogP contribution in [-0.2, 0) is 11.2 Å². The highest BCUT2D eigenvalue weighted by Gasteiger charge is 2.40. The van der Waals surface area contributed by atoms with Gasteiger partial charge in [0.05, 0.1) is 6.04 Å². The summed E-state index contributed by atoms with van der Waals surface area (Å²) in [6, 6.07) is 18.8. The molecular weight excluding hydrogens is 308 g/mol. The number of aromatic nitrogens is 1. The van der Waals surface area contributed by atoms with Crippen molar-refractivity contribution in [3.8, 4) is 0 Å². The van der Waals surface area contributed by atoms with Crippen molar-refractivity contribution in [2.24, 2.45) is 11.8 Å². The van der Waals surface area contributed by atoms with Gasteiger partial charge in [0.25, 0.3) is 0 Å². The molecule has 1 saturated carbocycles. The molecule has 1 aliphatic carbocycles. The monoisotopic (exact) mass is 332 g/mol. The minimum Gasteiger partial charge on any atom is -0.361 e. The van der Waals surface area contributed by atoms with Crippen LogP contribution < -0.4 is 5.32 Å². The van der Waals surface area contributed by atoms with E-state index in [1.165, 1.54) is 22.9 Å². The number of H-pyrrole nitrogens is 1. The van der Waals surface area contributed by atoms with Gasteiger partial charge in [0.15, 0.2) is 0 Å². The molecule has 3 nitrogen and oxygen atoms in total. The van der Waals surface area contributed by atoms with Crippen molar-refractivity contribution in [3.05, 3.63) is 71.9 Å². The summed E-state index contributed by atoms with van der Waals surface area (Å²) in [4.78, 5) is 15.9. The van der Waals surface area contributed by atoms with Crippen LogP contribution >= 0.6 is 0 Å². The number of hydrogen-bond acceptors (Lipinski definition) is 1. The summed E-state index contributed by atoms with van der Waals surface area (Å²) in [7, 11) is 0. The number of aryl methyl sites for hydroxylation is 1. The van der Waals surface area contributed by atoms with Gasteiger partial charge < -0.3 is 10.3 Å². The third-order valence-corrected chi connectivity index (χ3v) is 5.37. The highest BCUT2D eigenvalue weighted by atomic mass is 16.1. The smallest absolute Gasteiger partial charge is 0.220 e. The quantitative estimate of drug-likeness (QED) is 0.680. The van der Waals surface area contributed by atoms with E-state index in [-0.39, 0.29) is 11.9 Å². The van der Waals surface area contributed by atoms with Crippen LogP contribution in [0.4, 0.5) is 0 Å². The predicted molar refractivity (Wildman–Crippen MR) is 101 cm³/mol. The molecule has 25 heavy (non-hydrogen) atoms. The van der Waals surface area contributed by atoms with Gasteiger partial charge in [-0.25, -0.2) is 0 Å². The van der Waals surface area contributed by atoms with E-state index in [1.807, 2.05) is 36.5 Å². The van der Waals surface area contributed by atoms with Crippen molar-refractivity contribution in [2.75, 3.05) is 0 Å². The Bertz CT molecular complexity index is 868. The molecule has 3 atom stereocenters. The molecule has 0 saturated heterocycles. The van der Waals surface area contributed by atoms with Gasteiger partial charge in [-0.15, -0.1) is 0 Å². The second-order valence-corrected chi connectivity index (χ2v) is 7.19. The fourth-order valence-electron chi connectivity index (χ4n) is 3.75. The van der Waals surface area contributed by atoms with E-state index in [1.54, 1.807) is 0 Å². The Labute approximate surface area is 148 Å². The molecule has 4 rings (SSSR count). The number of carbonyl (C=O) groups is 1. The highest BCUT2D eigenvalue weighted by Crippen LogP contribution is 2.46. The van der Waals surface area contributed by atoms with Gasteiger partial charge in [0.2, 0.25) is 5.91 Å². The average Bonchev–Trinajstić information content (AvgIpc) is 3.22. The molecule has 3 aromatic rings. The molecule has 2 N–H and O–H groups in total. The molecule has 3 unspecified atom stereocenters. The molecule has 2 aromatic carbocycles. The van der Waals surface area contributed by atoms with Gasteiger partial charge in [-0.1, -0.05) is 55.5 Å². The zero-order valence-corrected chi connectivity index (χ0v) is 14.5. The first-order valence-corrected chi connectivity index (χ1v) is 9.11. The molecule has 1 amide bonds. The van der Waals surface area contributed by atoms with Crippen LogP contribution in [0.2, 0.25) is 0 Å². The molecule has 1 aliphatic rings. The minimum absolute atomic E-state index is 0.137. The fourth-order valence-corrected chi connectivity index (χ4v) is 3.75. The standard InChI is InChI=1S/C22H24N2O/c1-15-13-19(15)22(16-7-3-2-4-8-16)24-21(25)12-11-17-14-23-20-10-6-5-9-18(17)20/h2-10,14-15,19,22-23H,11-13H2,1H3,(H,24,25). The van der Waals surface area contributed by atoms with Crippen LogP contribution in [0.3, 0.4) is 0 Å². The highest BCUT2D eigenvalue weighted by molar-refractivity contribution is 5.84. The van der Waals surface area contributed by atoms with Crippen LogP contribution in [0.15, 0.2) is 60.8 Å². The number of para-hydroxylation sites is 1. The summed E-state index contributed by atoms with van der Waals surface area (Å²) in [6.07, 6.45) is 4.50. The van der Waals surface area contributed by atoms with Crippen molar-refractivity contribution in [2.45, 2.75) is 32.2 Å². The Kier molecular flexibility index (Phi) is 4.31. The lowest BCUT2D eigenvalue weighted by Crippen LogP contribution is -2.30. The minimum atomic E-state index is 0.137. The lowest BCUT2D eigenvalue weighted by molar-refractivity contribution is -0.122. The third-order valence-electron chi connectivity index (χ3n) is 5.37. The molecule has 1 heterocycles. The first kappa shape index (κ1) is 15.9. The Balaban J connectivity index is 1.42. The zero-order chi connectivity index (χ0) is 17.2. The summed E-state index contributed by atoms with van der Waals surface area (Å²) in [5.41, 5.74) is 3.56. The summed E-state index contributed by atoms with van der Waals surface area (Å²) < 4.78 is 0. The maximum atomic E-state index is 12.6. The topological polar surface area (TPSA) is 44.9 Å². The van der Waals surface area contributed by atoms with E-state index in [4.69, 9.17) is 0 Å². The molecule has 0 aliphatic heterocycles. The van der Waals surface area contributed by atoms with Crippen LogP contribution in [-0.4, -0.2) is 10.9 Å². The first-order chi connectivity index (χ1) is 12.2. The number of aromatic amines is 1. The predicted octanol–water partition coefficient (Wildman–Crippen LogP) is 4.61. The zero-order valence-electron chi connectivity index (χ0n) is 14.5. The van der Waals surface area contributed by atoms with E-state index in [2.05, 4.69) is 41.5 Å². The van der Waals surface area contributed by atoms with E-state index < -0.39 is 0 Å². The number of rotatable bonds is 6. The molecule has 1 fully saturated rings. The normalized spacial score (nSPS) is 20.4. The number of benzene rings is 2. The maximum Gasteiger partial charge on any atom is 0.220 e. The van der Waals surface area contributed by atoms with E-state index in [0.717, 1.165) is 11.9 Å². The van der Waals surface area contributed by atoms with Gasteiger partial charge >= 0.3 is 0 Å². The Morgan fingerprint density at radius 2 is 1.88 bits per heavy atom. The molecule has 128 valence electrons. The largest absolute Gasteiger partial charge is 0.361 e. The number of carbonyl (C=O) groups excluding carboxylic acids is 1. The SMILES string of the molecule is CC1CC1C(NC(=O)CCc1c[nH]c2ccccc12)c1ccccc1. The van der Waals surface area contributed by atoms with Crippen LogP contribution in [0.25, 0.3) is 10.9 Å². The molecule has 3 heteroatoms. The summed E-state index contributed by atoms with van der Waals surface area (Å²) in [5, 5.41) is 4.50. The van der Waals surface area contributed by atoms with Gasteiger partial charge in [-0.3, -0.25) is 4.79 Å². The number of amides is 1. The third kappa shape index (κ3) is 3.46. The van der Waals surface area contributed by atoms with Gasteiger partial charge in [0, 0.05) is 23.5 Å². The van der Waals surface area contributed by atoms with E-state index in [9.17, 15) is 4.79 Å². The van der Waals surface area contributed by atoms with E-state index >= 15 is 0 Å². The molecular formula is C22H24N2O. The summed E-state index contributed by atoms with van der Waals surface area (Å²) in [5.74, 6) is 1.40. The number of fused-ring (bicyclic) bond motifs is 1. The van der Waals surface area contributed by atoms with Crippen LogP contribution in [0.1, 0.15) is 36.9 Å². The number of hydrogen-bond donors (Lipinski definition) is 2. The van der Waals surface area contributed by atoms with Gasteiger partial charge in [-0.2, -0.15) is 0 Å². The number of nitrogens with one attached hydrogen (secondary N) is 2. The van der Waals surface area contributed by atoms with E-state index in [0.29, 0.717) is 18.3 Å². The maximum absolute atomic E-state index is 12.6. The van der Waals surface area contributed by atoms with Gasteiger partial charge in [-0.05, 0) is 41.9 Å². The summed E-state index contributed by atoms with van der Waals surface area (Å²) in [6.45, 7) is 2.26. The molecule has 0 spiro atoms. The lowest BCUT2D eigenvalue weighted by atomic mass is 10.0. The van der Waals surface area contributed by atoms with Crippen molar-refractivity contribution in [3.63, 3.8) is 0 Å². The summed E-state index contributed by atoms with van der Waals surface area (Å²) >= 11 is 0. The molecule has 0 radical (unpaired) electrons. The van der Waals surface area contributed by atoms with Crippen molar-refractivity contribution in [1.29, 1.82) is 0 Å². The second kappa shape index (κ2) is 6.75. The fraction of sp³-hybridized carbons (Fsp3) is 0.318. The van der Waals surface area contributed by atoms with Crippen LogP contribution in [0, 0.1) is 11.8 Å². The second-order valence-electron chi connectivity index (χ2n) is 7.19. The van der Waals surface area contributed by atoms with Crippen molar-refractivity contribution in [1.82, 2.24) is 10.3 Å². The Morgan fingerprint density at radius 3 is 2.64 bits per heavy atom. The Hall–Kier alpha value is -2.55. The molecule has 0 bridgehead atoms. The van der Waals surface area contributed by atoms with Crippen molar-refractivity contribution >= 4 is 16.8 Å².